The third-order valence-electron chi connectivity index (χ3n) is 2.76. The second-order valence-electron chi connectivity index (χ2n) is 3.76. The van der Waals surface area contributed by atoms with Gasteiger partial charge in [-0.2, -0.15) is 0 Å². The maximum absolute atomic E-state index is 12.0. The number of methoxy groups -OCH3 is 1. The van der Waals surface area contributed by atoms with Crippen LogP contribution in [0.4, 0.5) is 0 Å². The largest absolute Gasteiger partial charge is 0.481 e. The Morgan fingerprint density at radius 1 is 1.56 bits per heavy atom. The quantitative estimate of drug-likeness (QED) is 0.782. The van der Waals surface area contributed by atoms with Crippen molar-refractivity contribution < 1.29 is 9.53 Å². The fraction of sp³-hybridized carbons (Fsp3) is 0.500. The molecule has 0 spiro atoms. The van der Waals surface area contributed by atoms with E-state index in [1.54, 1.807) is 37.4 Å². The second kappa shape index (κ2) is 5.49. The average molecular weight is 222 g/mol. The van der Waals surface area contributed by atoms with Crippen LogP contribution < -0.4 is 4.74 Å². The van der Waals surface area contributed by atoms with Crippen LogP contribution in [0.5, 0.6) is 5.88 Å². The summed E-state index contributed by atoms with van der Waals surface area (Å²) < 4.78 is 4.94. The van der Waals surface area contributed by atoms with E-state index in [-0.39, 0.29) is 11.9 Å². The summed E-state index contributed by atoms with van der Waals surface area (Å²) in [5.74, 6) is 0.507. The van der Waals surface area contributed by atoms with E-state index in [1.165, 1.54) is 0 Å². The molecule has 1 unspecified atom stereocenters. The van der Waals surface area contributed by atoms with Crippen LogP contribution in [0.1, 0.15) is 30.6 Å². The lowest BCUT2D eigenvalue weighted by atomic mass is 10.2. The fourth-order valence-corrected chi connectivity index (χ4v) is 1.31. The third kappa shape index (κ3) is 2.72. The van der Waals surface area contributed by atoms with E-state index in [2.05, 4.69) is 11.9 Å². The summed E-state index contributed by atoms with van der Waals surface area (Å²) in [6.45, 7) is 4.08. The number of carbonyl (C=O) groups is 1. The molecule has 0 aliphatic heterocycles. The minimum Gasteiger partial charge on any atom is -0.481 e. The van der Waals surface area contributed by atoms with Gasteiger partial charge in [-0.1, -0.05) is 6.92 Å². The minimum absolute atomic E-state index is 0.00972. The van der Waals surface area contributed by atoms with Gasteiger partial charge in [0, 0.05) is 25.4 Å². The van der Waals surface area contributed by atoms with Gasteiger partial charge in [-0.25, -0.2) is 4.98 Å². The van der Waals surface area contributed by atoms with Gasteiger partial charge in [0.15, 0.2) is 0 Å². The van der Waals surface area contributed by atoms with E-state index in [1.807, 2.05) is 6.92 Å². The number of nitrogens with zero attached hydrogens (tertiary/aromatic N) is 2. The van der Waals surface area contributed by atoms with Gasteiger partial charge in [0.25, 0.3) is 5.91 Å². The predicted molar refractivity (Wildman–Crippen MR) is 62.6 cm³/mol. The molecule has 4 heteroatoms. The van der Waals surface area contributed by atoms with Crippen LogP contribution in [-0.4, -0.2) is 36.0 Å². The molecule has 0 saturated carbocycles. The Balaban J connectivity index is 2.80. The first-order valence-electron chi connectivity index (χ1n) is 5.37. The van der Waals surface area contributed by atoms with Gasteiger partial charge in [-0.15, -0.1) is 0 Å². The van der Waals surface area contributed by atoms with Gasteiger partial charge in [-0.3, -0.25) is 4.79 Å². The van der Waals surface area contributed by atoms with Crippen LogP contribution in [0, 0.1) is 0 Å². The van der Waals surface area contributed by atoms with Crippen LogP contribution in [0.15, 0.2) is 18.3 Å². The normalized spacial score (nSPS) is 12.0. The molecule has 1 aromatic rings. The molecule has 0 aliphatic carbocycles. The van der Waals surface area contributed by atoms with Gasteiger partial charge in [0.1, 0.15) is 0 Å². The molecule has 1 atom stereocenters. The van der Waals surface area contributed by atoms with Gasteiger partial charge in [0.2, 0.25) is 5.88 Å². The van der Waals surface area contributed by atoms with E-state index < -0.39 is 0 Å². The minimum atomic E-state index is -0.00972. The number of pyridine rings is 1. The van der Waals surface area contributed by atoms with E-state index in [4.69, 9.17) is 4.74 Å². The number of carbonyl (C=O) groups excluding carboxylic acids is 1. The first kappa shape index (κ1) is 12.5. The summed E-state index contributed by atoms with van der Waals surface area (Å²) in [5.41, 5.74) is 0.587. The van der Waals surface area contributed by atoms with Gasteiger partial charge in [-0.05, 0) is 19.4 Å². The van der Waals surface area contributed by atoms with Crippen molar-refractivity contribution in [1.29, 1.82) is 0 Å². The zero-order valence-electron chi connectivity index (χ0n) is 10.2. The summed E-state index contributed by atoms with van der Waals surface area (Å²) in [4.78, 5) is 17.7. The Morgan fingerprint density at radius 3 is 2.69 bits per heavy atom. The lowest BCUT2D eigenvalue weighted by Gasteiger charge is -2.23. The Hall–Kier alpha value is -1.58. The molecule has 0 saturated heterocycles. The molecule has 0 aliphatic rings. The van der Waals surface area contributed by atoms with Crippen LogP contribution in [0.3, 0.4) is 0 Å². The summed E-state index contributed by atoms with van der Waals surface area (Å²) in [5, 5.41) is 0. The van der Waals surface area contributed by atoms with Crippen molar-refractivity contribution in [3.05, 3.63) is 23.9 Å². The molecule has 0 aromatic carbocycles. The molecule has 0 radical (unpaired) electrons. The SMILES string of the molecule is CCC(C)N(C)C(=O)c1ccc(OC)nc1. The van der Waals surface area contributed by atoms with Gasteiger partial charge < -0.3 is 9.64 Å². The van der Waals surface area contributed by atoms with E-state index in [9.17, 15) is 4.79 Å². The van der Waals surface area contributed by atoms with Crippen molar-refractivity contribution in [2.24, 2.45) is 0 Å². The lowest BCUT2D eigenvalue weighted by molar-refractivity contribution is 0.0740. The van der Waals surface area contributed by atoms with Gasteiger partial charge >= 0.3 is 0 Å². The molecule has 1 amide bonds. The van der Waals surface area contributed by atoms with Gasteiger partial charge in [0.05, 0.1) is 12.7 Å². The number of ether oxygens (including phenoxy) is 1. The molecule has 88 valence electrons. The summed E-state index contributed by atoms with van der Waals surface area (Å²) in [6, 6.07) is 3.65. The molecular weight excluding hydrogens is 204 g/mol. The van der Waals surface area contributed by atoms with E-state index in [0.29, 0.717) is 11.4 Å². The first-order chi connectivity index (χ1) is 7.60. The highest BCUT2D eigenvalue weighted by atomic mass is 16.5. The Labute approximate surface area is 96.2 Å². The van der Waals surface area contributed by atoms with Crippen molar-refractivity contribution in [2.45, 2.75) is 26.3 Å². The summed E-state index contributed by atoms with van der Waals surface area (Å²) in [6.07, 6.45) is 2.48. The molecule has 1 aromatic heterocycles. The molecular formula is C12H18N2O2. The van der Waals surface area contributed by atoms with E-state index >= 15 is 0 Å². The number of aromatic nitrogens is 1. The average Bonchev–Trinajstić information content (AvgIpc) is 2.36. The molecule has 1 heterocycles. The van der Waals surface area contributed by atoms with E-state index in [0.717, 1.165) is 6.42 Å². The fourth-order valence-electron chi connectivity index (χ4n) is 1.31. The van der Waals surface area contributed by atoms with Crippen molar-refractivity contribution >= 4 is 5.91 Å². The second-order valence-corrected chi connectivity index (χ2v) is 3.76. The van der Waals surface area contributed by atoms with Crippen molar-refractivity contribution in [3.8, 4) is 5.88 Å². The first-order valence-corrected chi connectivity index (χ1v) is 5.37. The maximum atomic E-state index is 12.0. The molecule has 1 rings (SSSR count). The van der Waals surface area contributed by atoms with Crippen molar-refractivity contribution in [3.63, 3.8) is 0 Å². The highest BCUT2D eigenvalue weighted by molar-refractivity contribution is 5.93. The molecule has 16 heavy (non-hydrogen) atoms. The smallest absolute Gasteiger partial charge is 0.255 e. The molecule has 0 N–H and O–H groups in total. The summed E-state index contributed by atoms with van der Waals surface area (Å²) in [7, 11) is 3.36. The zero-order chi connectivity index (χ0) is 12.1. The zero-order valence-corrected chi connectivity index (χ0v) is 10.2. The standard InChI is InChI=1S/C12H18N2O2/c1-5-9(2)14(3)12(15)10-6-7-11(16-4)13-8-10/h6-9H,5H2,1-4H3. The molecule has 0 bridgehead atoms. The molecule has 0 fully saturated rings. The molecule has 4 nitrogen and oxygen atoms in total. The predicted octanol–water partition coefficient (Wildman–Crippen LogP) is 1.96. The highest BCUT2D eigenvalue weighted by Gasteiger charge is 2.16. The highest BCUT2D eigenvalue weighted by Crippen LogP contribution is 2.11. The van der Waals surface area contributed by atoms with Crippen molar-refractivity contribution in [1.82, 2.24) is 9.88 Å². The van der Waals surface area contributed by atoms with Crippen LogP contribution in [-0.2, 0) is 0 Å². The Kier molecular flexibility index (Phi) is 4.28. The number of rotatable bonds is 4. The third-order valence-corrected chi connectivity index (χ3v) is 2.76. The maximum Gasteiger partial charge on any atom is 0.255 e. The van der Waals surface area contributed by atoms with Crippen LogP contribution in [0.2, 0.25) is 0 Å². The monoisotopic (exact) mass is 222 g/mol. The Morgan fingerprint density at radius 2 is 2.25 bits per heavy atom. The number of hydrogen-bond acceptors (Lipinski definition) is 3. The lowest BCUT2D eigenvalue weighted by Crippen LogP contribution is -2.34. The topological polar surface area (TPSA) is 42.4 Å². The number of amides is 1. The van der Waals surface area contributed by atoms with Crippen LogP contribution >= 0.6 is 0 Å². The summed E-state index contributed by atoms with van der Waals surface area (Å²) >= 11 is 0. The van der Waals surface area contributed by atoms with Crippen LogP contribution in [0.25, 0.3) is 0 Å². The Bertz CT molecular complexity index is 349. The number of hydrogen-bond donors (Lipinski definition) is 0. The van der Waals surface area contributed by atoms with Crippen molar-refractivity contribution in [2.75, 3.05) is 14.2 Å².